The van der Waals surface area contributed by atoms with E-state index in [0.717, 1.165) is 0 Å². The SMILES string of the molecule is CCCCCCCCCCN1CCC[Si]1(C)OC. The van der Waals surface area contributed by atoms with Gasteiger partial charge in [0.1, 0.15) is 0 Å². The third kappa shape index (κ3) is 5.41. The Hall–Kier alpha value is 0.137. The second-order valence-corrected chi connectivity index (χ2v) is 9.84. The first-order chi connectivity index (χ1) is 8.73. The highest BCUT2D eigenvalue weighted by molar-refractivity contribution is 6.70. The number of hydrogen-bond donors (Lipinski definition) is 0. The molecule has 2 nitrogen and oxygen atoms in total. The molecule has 1 aliphatic rings. The molecule has 3 heteroatoms. The Morgan fingerprint density at radius 1 is 1.00 bits per heavy atom. The van der Waals surface area contributed by atoms with Crippen LogP contribution in [0, 0.1) is 0 Å². The minimum Gasteiger partial charge on any atom is -0.406 e. The van der Waals surface area contributed by atoms with Gasteiger partial charge in [0.2, 0.25) is 0 Å². The largest absolute Gasteiger partial charge is 0.406 e. The molecule has 1 fully saturated rings. The topological polar surface area (TPSA) is 12.5 Å². The number of rotatable bonds is 10. The number of unbranched alkanes of at least 4 members (excludes halogenated alkanes) is 7. The summed E-state index contributed by atoms with van der Waals surface area (Å²) in [6, 6.07) is 1.33. The third-order valence-electron chi connectivity index (χ3n) is 4.46. The predicted molar refractivity (Wildman–Crippen MR) is 82.2 cm³/mol. The monoisotopic (exact) mass is 271 g/mol. The van der Waals surface area contributed by atoms with Gasteiger partial charge < -0.3 is 8.99 Å². The Balaban J connectivity index is 1.97. The second kappa shape index (κ2) is 9.11. The number of nitrogens with zero attached hydrogens (tertiary/aromatic N) is 1. The van der Waals surface area contributed by atoms with Crippen molar-refractivity contribution in [3.8, 4) is 0 Å². The molecule has 1 rings (SSSR count). The fourth-order valence-electron chi connectivity index (χ4n) is 3.01. The van der Waals surface area contributed by atoms with E-state index in [-0.39, 0.29) is 0 Å². The van der Waals surface area contributed by atoms with E-state index in [0.29, 0.717) is 0 Å². The zero-order valence-corrected chi connectivity index (χ0v) is 13.8. The van der Waals surface area contributed by atoms with Crippen molar-refractivity contribution in [3.05, 3.63) is 0 Å². The maximum atomic E-state index is 5.80. The zero-order valence-electron chi connectivity index (χ0n) is 12.8. The lowest BCUT2D eigenvalue weighted by molar-refractivity contribution is 0.311. The summed E-state index contributed by atoms with van der Waals surface area (Å²) in [4.78, 5) is 0. The standard InChI is InChI=1S/C15H33NOSi/c1-4-5-6-7-8-9-10-11-13-16-14-12-15-18(16,3)17-2/h4-15H2,1-3H3. The van der Waals surface area contributed by atoms with Gasteiger partial charge in [-0.2, -0.15) is 0 Å². The molecule has 0 saturated carbocycles. The average molecular weight is 272 g/mol. The Morgan fingerprint density at radius 3 is 2.22 bits per heavy atom. The van der Waals surface area contributed by atoms with Crippen molar-refractivity contribution in [2.24, 2.45) is 0 Å². The van der Waals surface area contributed by atoms with Gasteiger partial charge in [0.25, 0.3) is 8.48 Å². The molecule has 18 heavy (non-hydrogen) atoms. The lowest BCUT2D eigenvalue weighted by atomic mass is 10.1. The summed E-state index contributed by atoms with van der Waals surface area (Å²) in [5.74, 6) is 0. The summed E-state index contributed by atoms with van der Waals surface area (Å²) in [6.07, 6.45) is 12.7. The van der Waals surface area contributed by atoms with Crippen LogP contribution < -0.4 is 0 Å². The van der Waals surface area contributed by atoms with Gasteiger partial charge in [0.05, 0.1) is 0 Å². The Kier molecular flexibility index (Phi) is 8.19. The molecule has 0 aromatic carbocycles. The van der Waals surface area contributed by atoms with Crippen LogP contribution in [0.1, 0.15) is 64.7 Å². The molecule has 0 amide bonds. The molecular formula is C15H33NOSi. The van der Waals surface area contributed by atoms with Crippen molar-refractivity contribution < 1.29 is 4.43 Å². The van der Waals surface area contributed by atoms with E-state index in [4.69, 9.17) is 4.43 Å². The van der Waals surface area contributed by atoms with Crippen LogP contribution in [0.2, 0.25) is 12.6 Å². The van der Waals surface area contributed by atoms with Crippen LogP contribution in [0.15, 0.2) is 0 Å². The maximum Gasteiger partial charge on any atom is 0.267 e. The summed E-state index contributed by atoms with van der Waals surface area (Å²) in [7, 11) is 0.473. The highest BCUT2D eigenvalue weighted by Gasteiger charge is 2.39. The van der Waals surface area contributed by atoms with Crippen molar-refractivity contribution in [2.45, 2.75) is 77.3 Å². The normalized spacial score (nSPS) is 24.8. The van der Waals surface area contributed by atoms with Crippen molar-refractivity contribution >= 4 is 8.48 Å². The molecule has 1 saturated heterocycles. The van der Waals surface area contributed by atoms with Crippen LogP contribution in [-0.2, 0) is 4.43 Å². The van der Waals surface area contributed by atoms with E-state index in [1.54, 1.807) is 0 Å². The van der Waals surface area contributed by atoms with Crippen LogP contribution in [0.5, 0.6) is 0 Å². The number of hydrogen-bond acceptors (Lipinski definition) is 2. The van der Waals surface area contributed by atoms with Gasteiger partial charge in [-0.3, -0.25) is 0 Å². The van der Waals surface area contributed by atoms with Gasteiger partial charge in [-0.25, -0.2) is 0 Å². The van der Waals surface area contributed by atoms with E-state index in [9.17, 15) is 0 Å². The Morgan fingerprint density at radius 2 is 1.61 bits per heavy atom. The van der Waals surface area contributed by atoms with Crippen molar-refractivity contribution in [2.75, 3.05) is 20.2 Å². The smallest absolute Gasteiger partial charge is 0.267 e. The highest BCUT2D eigenvalue weighted by Crippen LogP contribution is 2.26. The quantitative estimate of drug-likeness (QED) is 0.427. The molecule has 0 bridgehead atoms. The summed E-state index contributed by atoms with van der Waals surface area (Å²) in [6.45, 7) is 7.23. The molecule has 1 aliphatic heterocycles. The van der Waals surface area contributed by atoms with E-state index < -0.39 is 8.48 Å². The van der Waals surface area contributed by atoms with Crippen LogP contribution in [0.3, 0.4) is 0 Å². The molecule has 0 N–H and O–H groups in total. The van der Waals surface area contributed by atoms with E-state index in [1.807, 2.05) is 7.11 Å². The summed E-state index contributed by atoms with van der Waals surface area (Å²) in [5.41, 5.74) is 0. The molecule has 1 unspecified atom stereocenters. The molecule has 1 atom stereocenters. The maximum absolute atomic E-state index is 5.80. The summed E-state index contributed by atoms with van der Waals surface area (Å²) < 4.78 is 8.47. The zero-order chi connectivity index (χ0) is 13.3. The fourth-order valence-corrected chi connectivity index (χ4v) is 5.86. The molecule has 1 heterocycles. The van der Waals surface area contributed by atoms with Gasteiger partial charge in [0, 0.05) is 7.11 Å². The molecular weight excluding hydrogens is 238 g/mol. The van der Waals surface area contributed by atoms with E-state index in [1.165, 1.54) is 76.9 Å². The molecule has 0 aromatic rings. The molecule has 0 aromatic heterocycles. The van der Waals surface area contributed by atoms with Crippen molar-refractivity contribution in [1.29, 1.82) is 0 Å². The van der Waals surface area contributed by atoms with Gasteiger partial charge in [0.15, 0.2) is 0 Å². The first-order valence-electron chi connectivity index (χ1n) is 8.03. The molecule has 108 valence electrons. The minimum absolute atomic E-state index is 1.28. The van der Waals surface area contributed by atoms with Crippen LogP contribution >= 0.6 is 0 Å². The second-order valence-electron chi connectivity index (χ2n) is 5.94. The molecule has 0 radical (unpaired) electrons. The van der Waals surface area contributed by atoms with Crippen molar-refractivity contribution in [1.82, 2.24) is 4.57 Å². The average Bonchev–Trinajstić information content (AvgIpc) is 2.75. The first-order valence-corrected chi connectivity index (χ1v) is 10.6. The van der Waals surface area contributed by atoms with E-state index in [2.05, 4.69) is 18.0 Å². The van der Waals surface area contributed by atoms with Crippen LogP contribution in [-0.4, -0.2) is 33.2 Å². The first kappa shape index (κ1) is 16.2. The molecule has 0 spiro atoms. The fraction of sp³-hybridized carbons (Fsp3) is 1.00. The highest BCUT2D eigenvalue weighted by atomic mass is 28.4. The lowest BCUT2D eigenvalue weighted by Gasteiger charge is -2.31. The van der Waals surface area contributed by atoms with Crippen LogP contribution in [0.25, 0.3) is 0 Å². The lowest BCUT2D eigenvalue weighted by Crippen LogP contribution is -2.48. The van der Waals surface area contributed by atoms with Gasteiger partial charge in [-0.1, -0.05) is 51.9 Å². The van der Waals surface area contributed by atoms with E-state index >= 15 is 0 Å². The Bertz CT molecular complexity index is 213. The third-order valence-corrected chi connectivity index (χ3v) is 8.40. The van der Waals surface area contributed by atoms with Crippen molar-refractivity contribution in [3.63, 3.8) is 0 Å². The van der Waals surface area contributed by atoms with Gasteiger partial charge in [-0.05, 0) is 38.5 Å². The minimum atomic E-state index is -1.44. The predicted octanol–water partition coefficient (Wildman–Crippen LogP) is 4.55. The Labute approximate surface area is 115 Å². The summed E-state index contributed by atoms with van der Waals surface area (Å²) >= 11 is 0. The van der Waals surface area contributed by atoms with Gasteiger partial charge >= 0.3 is 0 Å². The molecule has 0 aliphatic carbocycles. The van der Waals surface area contributed by atoms with Crippen LogP contribution in [0.4, 0.5) is 0 Å². The van der Waals surface area contributed by atoms with Gasteiger partial charge in [-0.15, -0.1) is 0 Å². The summed E-state index contributed by atoms with van der Waals surface area (Å²) in [5, 5.41) is 0.